The van der Waals surface area contributed by atoms with Crippen molar-refractivity contribution in [2.45, 2.75) is 13.0 Å². The molecule has 23 heavy (non-hydrogen) atoms. The third-order valence-corrected chi connectivity index (χ3v) is 4.08. The number of amides is 1. The summed E-state index contributed by atoms with van der Waals surface area (Å²) in [5.74, 6) is 0.325. The third kappa shape index (κ3) is 3.47. The second kappa shape index (κ2) is 6.58. The molecule has 1 amide bonds. The lowest BCUT2D eigenvalue weighted by molar-refractivity contribution is 0.0935. The normalized spacial score (nSPS) is 14.2. The average molecular weight is 380 g/mol. The quantitative estimate of drug-likeness (QED) is 0.880. The first kappa shape index (κ1) is 15.8. The van der Waals surface area contributed by atoms with Crippen LogP contribution in [0.2, 0.25) is 0 Å². The molecule has 4 nitrogen and oxygen atoms in total. The summed E-state index contributed by atoms with van der Waals surface area (Å²) in [6.07, 6.45) is 0. The molecule has 1 aliphatic rings. The Morgan fingerprint density at radius 3 is 2.65 bits per heavy atom. The largest absolute Gasteiger partial charge is 0.486 e. The van der Waals surface area contributed by atoms with Crippen LogP contribution in [0.5, 0.6) is 11.5 Å². The average Bonchev–Trinajstić information content (AvgIpc) is 2.54. The Morgan fingerprint density at radius 2 is 1.91 bits per heavy atom. The molecule has 0 fully saturated rings. The van der Waals surface area contributed by atoms with Gasteiger partial charge < -0.3 is 14.8 Å². The number of halogens is 2. The van der Waals surface area contributed by atoms with E-state index in [1.54, 1.807) is 6.07 Å². The molecule has 1 N–H and O–H groups in total. The predicted molar refractivity (Wildman–Crippen MR) is 87.4 cm³/mol. The van der Waals surface area contributed by atoms with Crippen LogP contribution < -0.4 is 14.8 Å². The van der Waals surface area contributed by atoms with Gasteiger partial charge in [-0.15, -0.1) is 0 Å². The van der Waals surface area contributed by atoms with Gasteiger partial charge in [-0.2, -0.15) is 0 Å². The van der Waals surface area contributed by atoms with Crippen LogP contribution in [0.25, 0.3) is 0 Å². The molecule has 0 saturated heterocycles. The van der Waals surface area contributed by atoms with Gasteiger partial charge in [-0.1, -0.05) is 22.0 Å². The number of hydrogen-bond acceptors (Lipinski definition) is 3. The van der Waals surface area contributed by atoms with Gasteiger partial charge in [-0.3, -0.25) is 4.79 Å². The van der Waals surface area contributed by atoms with E-state index in [4.69, 9.17) is 9.47 Å². The summed E-state index contributed by atoms with van der Waals surface area (Å²) in [6, 6.07) is 9.56. The van der Waals surface area contributed by atoms with E-state index in [0.717, 1.165) is 5.56 Å². The van der Waals surface area contributed by atoms with Gasteiger partial charge in [0, 0.05) is 4.47 Å². The van der Waals surface area contributed by atoms with Crippen LogP contribution in [0.3, 0.4) is 0 Å². The van der Waals surface area contributed by atoms with Crippen molar-refractivity contribution in [1.29, 1.82) is 0 Å². The molecule has 1 atom stereocenters. The van der Waals surface area contributed by atoms with E-state index < -0.39 is 11.7 Å². The first-order valence-corrected chi connectivity index (χ1v) is 7.99. The Kier molecular flexibility index (Phi) is 4.52. The molecule has 0 bridgehead atoms. The van der Waals surface area contributed by atoms with E-state index in [-0.39, 0.29) is 11.6 Å². The van der Waals surface area contributed by atoms with Crippen molar-refractivity contribution >= 4 is 21.8 Å². The minimum Gasteiger partial charge on any atom is -0.486 e. The number of hydrogen-bond donors (Lipinski definition) is 1. The minimum atomic E-state index is -0.564. The fourth-order valence-corrected chi connectivity index (χ4v) is 2.69. The number of nitrogens with one attached hydrogen (secondary N) is 1. The second-order valence-corrected chi connectivity index (χ2v) is 6.14. The molecule has 0 aliphatic carbocycles. The third-order valence-electron chi connectivity index (χ3n) is 3.59. The van der Waals surface area contributed by atoms with E-state index in [2.05, 4.69) is 21.2 Å². The molecular weight excluding hydrogens is 365 g/mol. The van der Waals surface area contributed by atoms with Crippen LogP contribution in [-0.4, -0.2) is 19.1 Å². The number of carbonyl (C=O) groups is 1. The zero-order valence-corrected chi connectivity index (χ0v) is 14.0. The summed E-state index contributed by atoms with van der Waals surface area (Å²) in [5.41, 5.74) is 0.873. The van der Waals surface area contributed by atoms with Crippen molar-refractivity contribution in [2.75, 3.05) is 13.2 Å². The van der Waals surface area contributed by atoms with Crippen LogP contribution in [0.4, 0.5) is 4.39 Å². The van der Waals surface area contributed by atoms with E-state index in [1.807, 2.05) is 25.1 Å². The molecule has 120 valence electrons. The van der Waals surface area contributed by atoms with Crippen LogP contribution in [0, 0.1) is 5.82 Å². The molecule has 6 heteroatoms. The zero-order chi connectivity index (χ0) is 16.4. The molecule has 0 aromatic heterocycles. The Morgan fingerprint density at radius 1 is 1.17 bits per heavy atom. The van der Waals surface area contributed by atoms with Crippen molar-refractivity contribution in [3.05, 3.63) is 57.8 Å². The van der Waals surface area contributed by atoms with Crippen LogP contribution >= 0.6 is 15.9 Å². The fourth-order valence-electron chi connectivity index (χ4n) is 2.36. The standard InChI is InChI=1S/C17H15BrFNO3/c1-10(11-2-5-15-16(8-11)23-7-6-22-15)20-17(21)13-4-3-12(18)9-14(13)19/h2-5,8-10H,6-7H2,1H3,(H,20,21). The maximum absolute atomic E-state index is 13.9. The maximum atomic E-state index is 13.9. The van der Waals surface area contributed by atoms with Crippen LogP contribution in [-0.2, 0) is 0 Å². The molecule has 2 aromatic rings. The maximum Gasteiger partial charge on any atom is 0.254 e. The number of ether oxygens (including phenoxy) is 2. The van der Waals surface area contributed by atoms with Gasteiger partial charge in [0.2, 0.25) is 0 Å². The molecule has 0 saturated carbocycles. The van der Waals surface area contributed by atoms with Crippen molar-refractivity contribution in [3.8, 4) is 11.5 Å². The zero-order valence-electron chi connectivity index (χ0n) is 12.4. The van der Waals surface area contributed by atoms with Crippen molar-refractivity contribution in [1.82, 2.24) is 5.32 Å². The van der Waals surface area contributed by atoms with E-state index in [0.29, 0.717) is 29.2 Å². The highest BCUT2D eigenvalue weighted by molar-refractivity contribution is 9.10. The van der Waals surface area contributed by atoms with Gasteiger partial charge in [0.1, 0.15) is 19.0 Å². The van der Waals surface area contributed by atoms with Gasteiger partial charge in [-0.05, 0) is 42.8 Å². The summed E-state index contributed by atoms with van der Waals surface area (Å²) in [6.45, 7) is 2.86. The van der Waals surface area contributed by atoms with Gasteiger partial charge in [0.15, 0.2) is 11.5 Å². The summed E-state index contributed by atoms with van der Waals surface area (Å²) >= 11 is 3.17. The van der Waals surface area contributed by atoms with Gasteiger partial charge in [0.05, 0.1) is 11.6 Å². The summed E-state index contributed by atoms with van der Waals surface area (Å²) < 4.78 is 25.4. The second-order valence-electron chi connectivity index (χ2n) is 5.22. The smallest absolute Gasteiger partial charge is 0.254 e. The first-order valence-electron chi connectivity index (χ1n) is 7.20. The Hall–Kier alpha value is -2.08. The summed E-state index contributed by atoms with van der Waals surface area (Å²) in [4.78, 5) is 12.2. The SMILES string of the molecule is CC(NC(=O)c1ccc(Br)cc1F)c1ccc2c(c1)OCCO2. The molecule has 0 radical (unpaired) electrons. The minimum absolute atomic E-state index is 0.0117. The highest BCUT2D eigenvalue weighted by atomic mass is 79.9. The fraction of sp³-hybridized carbons (Fsp3) is 0.235. The number of benzene rings is 2. The Labute approximate surface area is 141 Å². The van der Waals surface area contributed by atoms with Crippen LogP contribution in [0.15, 0.2) is 40.9 Å². The molecule has 1 unspecified atom stereocenters. The lowest BCUT2D eigenvalue weighted by Gasteiger charge is -2.21. The van der Waals surface area contributed by atoms with E-state index in [9.17, 15) is 9.18 Å². The Bertz CT molecular complexity index is 751. The highest BCUT2D eigenvalue weighted by Crippen LogP contribution is 2.32. The molecule has 0 spiro atoms. The first-order chi connectivity index (χ1) is 11.0. The predicted octanol–water partition coefficient (Wildman–Crippen LogP) is 3.85. The summed E-state index contributed by atoms with van der Waals surface area (Å²) in [7, 11) is 0. The highest BCUT2D eigenvalue weighted by Gasteiger charge is 2.18. The molecule has 1 aliphatic heterocycles. The number of carbonyl (C=O) groups excluding carboxylic acids is 1. The van der Waals surface area contributed by atoms with E-state index >= 15 is 0 Å². The monoisotopic (exact) mass is 379 g/mol. The molecule has 2 aromatic carbocycles. The molecular formula is C17H15BrFNO3. The lowest BCUT2D eigenvalue weighted by Crippen LogP contribution is -2.27. The van der Waals surface area contributed by atoms with Crippen molar-refractivity contribution in [3.63, 3.8) is 0 Å². The topological polar surface area (TPSA) is 47.6 Å². The number of fused-ring (bicyclic) bond motifs is 1. The van der Waals surface area contributed by atoms with Crippen LogP contribution in [0.1, 0.15) is 28.9 Å². The lowest BCUT2D eigenvalue weighted by atomic mass is 10.1. The van der Waals surface area contributed by atoms with Gasteiger partial charge in [-0.25, -0.2) is 4.39 Å². The van der Waals surface area contributed by atoms with Crippen molar-refractivity contribution in [2.24, 2.45) is 0 Å². The number of rotatable bonds is 3. The Balaban J connectivity index is 1.76. The molecule has 1 heterocycles. The van der Waals surface area contributed by atoms with Crippen molar-refractivity contribution < 1.29 is 18.7 Å². The van der Waals surface area contributed by atoms with Gasteiger partial charge >= 0.3 is 0 Å². The molecule has 3 rings (SSSR count). The van der Waals surface area contributed by atoms with E-state index in [1.165, 1.54) is 12.1 Å². The van der Waals surface area contributed by atoms with Gasteiger partial charge in [0.25, 0.3) is 5.91 Å². The summed E-state index contributed by atoms with van der Waals surface area (Å²) in [5, 5.41) is 2.79.